The van der Waals surface area contributed by atoms with E-state index in [2.05, 4.69) is 5.32 Å². The van der Waals surface area contributed by atoms with E-state index >= 15 is 0 Å². The van der Waals surface area contributed by atoms with Crippen LogP contribution in [0, 0.1) is 5.82 Å². The minimum absolute atomic E-state index is 0.0812. The van der Waals surface area contributed by atoms with Crippen molar-refractivity contribution >= 4 is 17.6 Å². The molecule has 0 heterocycles. The Morgan fingerprint density at radius 2 is 1.44 bits per heavy atom. The average molecular weight is 363 g/mol. The zero-order chi connectivity index (χ0) is 19.1. The van der Waals surface area contributed by atoms with Gasteiger partial charge in [-0.2, -0.15) is 0 Å². The Morgan fingerprint density at radius 1 is 0.815 bits per heavy atom. The highest BCUT2D eigenvalue weighted by molar-refractivity contribution is 6.04. The Balaban J connectivity index is 1.50. The molecule has 1 N–H and O–H groups in total. The molecule has 3 aromatic carbocycles. The Hall–Kier alpha value is -3.47. The van der Waals surface area contributed by atoms with Gasteiger partial charge in [-0.25, -0.2) is 4.39 Å². The number of anilines is 1. The third-order valence-corrected chi connectivity index (χ3v) is 3.91. The van der Waals surface area contributed by atoms with Gasteiger partial charge in [-0.3, -0.25) is 9.59 Å². The number of benzene rings is 3. The largest absolute Gasteiger partial charge is 0.461 e. The van der Waals surface area contributed by atoms with Gasteiger partial charge >= 0.3 is 5.97 Å². The normalized spacial score (nSPS) is 10.3. The number of hydrogen-bond acceptors (Lipinski definition) is 3. The third-order valence-electron chi connectivity index (χ3n) is 3.91. The first kappa shape index (κ1) is 18.3. The summed E-state index contributed by atoms with van der Waals surface area (Å²) in [5.74, 6) is -0.947. The Bertz CT molecular complexity index is 907. The molecule has 0 radical (unpaired) electrons. The van der Waals surface area contributed by atoms with Gasteiger partial charge < -0.3 is 10.1 Å². The maximum absolute atomic E-state index is 12.9. The van der Waals surface area contributed by atoms with Gasteiger partial charge in [0.15, 0.2) is 0 Å². The van der Waals surface area contributed by atoms with Crippen molar-refractivity contribution in [1.82, 2.24) is 0 Å². The molecule has 0 spiro atoms. The van der Waals surface area contributed by atoms with Crippen LogP contribution in [0.3, 0.4) is 0 Å². The number of ether oxygens (including phenoxy) is 1. The van der Waals surface area contributed by atoms with Crippen LogP contribution in [0.2, 0.25) is 0 Å². The highest BCUT2D eigenvalue weighted by Crippen LogP contribution is 2.11. The monoisotopic (exact) mass is 363 g/mol. The van der Waals surface area contributed by atoms with Crippen LogP contribution in [0.5, 0.6) is 0 Å². The Morgan fingerprint density at radius 3 is 2.11 bits per heavy atom. The van der Waals surface area contributed by atoms with Crippen molar-refractivity contribution in [3.8, 4) is 0 Å². The number of para-hydroxylation sites is 1. The molecule has 27 heavy (non-hydrogen) atoms. The quantitative estimate of drug-likeness (QED) is 0.662. The molecular weight excluding hydrogens is 345 g/mol. The summed E-state index contributed by atoms with van der Waals surface area (Å²) in [6.45, 7) is 0.112. The van der Waals surface area contributed by atoms with Gasteiger partial charge in [-0.05, 0) is 47.5 Å². The Labute approximate surface area is 156 Å². The predicted octanol–water partition coefficient (Wildman–Crippen LogP) is 4.36. The van der Waals surface area contributed by atoms with Crippen LogP contribution < -0.4 is 5.32 Å². The summed E-state index contributed by atoms with van der Waals surface area (Å²) in [6.07, 6.45) is 0.0812. The molecule has 0 fully saturated rings. The molecule has 4 nitrogen and oxygen atoms in total. The van der Waals surface area contributed by atoms with Crippen LogP contribution in [0.15, 0.2) is 78.9 Å². The van der Waals surface area contributed by atoms with Crippen LogP contribution >= 0.6 is 0 Å². The number of rotatable bonds is 6. The van der Waals surface area contributed by atoms with Gasteiger partial charge in [0, 0.05) is 11.3 Å². The fourth-order valence-corrected chi connectivity index (χ4v) is 2.46. The highest BCUT2D eigenvalue weighted by atomic mass is 19.1. The number of esters is 1. The second-order valence-corrected chi connectivity index (χ2v) is 5.98. The number of carbonyl (C=O) groups excluding carboxylic acids is 2. The van der Waals surface area contributed by atoms with E-state index in [1.165, 1.54) is 12.1 Å². The van der Waals surface area contributed by atoms with Crippen molar-refractivity contribution in [2.24, 2.45) is 0 Å². The van der Waals surface area contributed by atoms with Crippen molar-refractivity contribution in [3.63, 3.8) is 0 Å². The van der Waals surface area contributed by atoms with Crippen molar-refractivity contribution < 1.29 is 18.7 Å². The van der Waals surface area contributed by atoms with Crippen LogP contribution in [0.4, 0.5) is 10.1 Å². The molecule has 0 aliphatic heterocycles. The molecule has 1 amide bonds. The molecule has 0 bridgehead atoms. The summed E-state index contributed by atoms with van der Waals surface area (Å²) in [6, 6.07) is 21.8. The van der Waals surface area contributed by atoms with Crippen LogP contribution in [-0.4, -0.2) is 11.9 Å². The topological polar surface area (TPSA) is 55.4 Å². The molecule has 0 saturated heterocycles. The third kappa shape index (κ3) is 5.51. The molecule has 0 unspecified atom stereocenters. The predicted molar refractivity (Wildman–Crippen MR) is 101 cm³/mol. The number of amides is 1. The van der Waals surface area contributed by atoms with Gasteiger partial charge in [0.25, 0.3) is 5.91 Å². The first-order valence-electron chi connectivity index (χ1n) is 8.45. The van der Waals surface area contributed by atoms with E-state index in [0.29, 0.717) is 11.1 Å². The first-order valence-corrected chi connectivity index (χ1v) is 8.45. The minimum Gasteiger partial charge on any atom is -0.461 e. The molecule has 5 heteroatoms. The molecule has 0 aliphatic rings. The van der Waals surface area contributed by atoms with E-state index in [4.69, 9.17) is 4.74 Å². The SMILES string of the molecule is O=C(Cc1ccc(F)cc1)OCc1ccc(C(=O)Nc2ccccc2)cc1. The van der Waals surface area contributed by atoms with Crippen LogP contribution in [0.1, 0.15) is 21.5 Å². The van der Waals surface area contributed by atoms with Crippen molar-refractivity contribution in [3.05, 3.63) is 101 Å². The maximum atomic E-state index is 12.9. The zero-order valence-electron chi connectivity index (χ0n) is 14.5. The molecule has 0 aliphatic carbocycles. The molecule has 0 saturated carbocycles. The van der Waals surface area contributed by atoms with Gasteiger partial charge in [-0.1, -0.05) is 42.5 Å². The van der Waals surface area contributed by atoms with E-state index in [0.717, 1.165) is 11.3 Å². The molecule has 0 atom stereocenters. The molecule has 136 valence electrons. The number of nitrogens with one attached hydrogen (secondary N) is 1. The molecular formula is C22H18FNO3. The summed E-state index contributed by atoms with van der Waals surface area (Å²) in [7, 11) is 0. The van der Waals surface area contributed by atoms with E-state index in [1.54, 1.807) is 36.4 Å². The smallest absolute Gasteiger partial charge is 0.310 e. The number of carbonyl (C=O) groups is 2. The van der Waals surface area contributed by atoms with E-state index in [-0.39, 0.29) is 24.8 Å². The second-order valence-electron chi connectivity index (χ2n) is 5.98. The fraction of sp³-hybridized carbons (Fsp3) is 0.0909. The van der Waals surface area contributed by atoms with Gasteiger partial charge in [0.05, 0.1) is 6.42 Å². The molecule has 3 rings (SSSR count). The first-order chi connectivity index (χ1) is 13.1. The van der Waals surface area contributed by atoms with Crippen molar-refractivity contribution in [2.45, 2.75) is 13.0 Å². The van der Waals surface area contributed by atoms with Crippen molar-refractivity contribution in [1.29, 1.82) is 0 Å². The zero-order valence-corrected chi connectivity index (χ0v) is 14.5. The molecule has 0 aromatic heterocycles. The minimum atomic E-state index is -0.396. The molecule has 3 aromatic rings. The lowest BCUT2D eigenvalue weighted by Gasteiger charge is -2.07. The lowest BCUT2D eigenvalue weighted by molar-refractivity contribution is -0.144. The van der Waals surface area contributed by atoms with E-state index < -0.39 is 5.97 Å². The lowest BCUT2D eigenvalue weighted by Crippen LogP contribution is -2.12. The van der Waals surface area contributed by atoms with Crippen molar-refractivity contribution in [2.75, 3.05) is 5.32 Å². The standard InChI is InChI=1S/C22H18FNO3/c23-19-12-8-16(9-13-19)14-21(25)27-15-17-6-10-18(11-7-17)22(26)24-20-4-2-1-3-5-20/h1-13H,14-15H2,(H,24,26). The number of halogens is 1. The maximum Gasteiger partial charge on any atom is 0.310 e. The van der Waals surface area contributed by atoms with E-state index in [1.807, 2.05) is 30.3 Å². The number of hydrogen-bond donors (Lipinski definition) is 1. The van der Waals surface area contributed by atoms with Gasteiger partial charge in [-0.15, -0.1) is 0 Å². The summed E-state index contributed by atoms with van der Waals surface area (Å²) in [5.41, 5.74) is 2.70. The summed E-state index contributed by atoms with van der Waals surface area (Å²) in [5, 5.41) is 2.81. The van der Waals surface area contributed by atoms with Gasteiger partial charge in [0.2, 0.25) is 0 Å². The lowest BCUT2D eigenvalue weighted by atomic mass is 10.1. The second kappa shape index (κ2) is 8.76. The van der Waals surface area contributed by atoms with Crippen LogP contribution in [0.25, 0.3) is 0 Å². The summed E-state index contributed by atoms with van der Waals surface area (Å²) in [4.78, 5) is 24.1. The van der Waals surface area contributed by atoms with Gasteiger partial charge in [0.1, 0.15) is 12.4 Å². The fourth-order valence-electron chi connectivity index (χ4n) is 2.46. The Kier molecular flexibility index (Phi) is 5.94. The van der Waals surface area contributed by atoms with E-state index in [9.17, 15) is 14.0 Å². The summed E-state index contributed by atoms with van der Waals surface area (Å²) >= 11 is 0. The van der Waals surface area contributed by atoms with Crippen LogP contribution in [-0.2, 0) is 22.6 Å². The highest BCUT2D eigenvalue weighted by Gasteiger charge is 2.08. The summed E-state index contributed by atoms with van der Waals surface area (Å²) < 4.78 is 18.1. The average Bonchev–Trinajstić information content (AvgIpc) is 2.69.